The second kappa shape index (κ2) is 10.4. The quantitative estimate of drug-likeness (QED) is 0.371. The summed E-state index contributed by atoms with van der Waals surface area (Å²) in [6.45, 7) is 5.40. The monoisotopic (exact) mass is 441 g/mol. The van der Waals surface area contributed by atoms with Crippen LogP contribution in [0.5, 0.6) is 0 Å². The van der Waals surface area contributed by atoms with Crippen LogP contribution in [-0.4, -0.2) is 60.0 Å². The number of hydrogen-bond acceptors (Lipinski definition) is 7. The van der Waals surface area contributed by atoms with Crippen molar-refractivity contribution in [3.8, 4) is 0 Å². The molecule has 0 bridgehead atoms. The molecule has 1 aliphatic rings. The molecule has 2 aromatic rings. The topological polar surface area (TPSA) is 97.6 Å². The summed E-state index contributed by atoms with van der Waals surface area (Å²) in [6.07, 6.45) is -1.75. The Morgan fingerprint density at radius 2 is 1.75 bits per heavy atom. The number of nitrogens with zero attached hydrogens (tertiary/aromatic N) is 1. The van der Waals surface area contributed by atoms with Crippen molar-refractivity contribution in [3.05, 3.63) is 70.8 Å². The van der Waals surface area contributed by atoms with Crippen molar-refractivity contribution in [1.82, 2.24) is 0 Å². The Labute approximate surface area is 188 Å². The molecule has 2 aromatic carbocycles. The molecule has 0 aliphatic carbocycles. The highest BCUT2D eigenvalue weighted by Gasteiger charge is 2.55. The molecule has 0 saturated carbocycles. The molecule has 1 saturated heterocycles. The zero-order valence-corrected chi connectivity index (χ0v) is 18.9. The Kier molecular flexibility index (Phi) is 7.79. The van der Waals surface area contributed by atoms with Gasteiger partial charge in [-0.25, -0.2) is 4.79 Å². The molecule has 7 heteroatoms. The number of esters is 1. The Morgan fingerprint density at radius 3 is 2.34 bits per heavy atom. The van der Waals surface area contributed by atoms with Gasteiger partial charge in [0, 0.05) is 25.2 Å². The fraction of sp³-hybridized carbons (Fsp3) is 0.440. The molecule has 3 unspecified atom stereocenters. The Bertz CT molecular complexity index is 926. The lowest BCUT2D eigenvalue weighted by molar-refractivity contribution is -0.224. The number of hydrogen-bond donors (Lipinski definition) is 2. The molecule has 3 rings (SSSR count). The second-order valence-electron chi connectivity index (χ2n) is 8.31. The maximum atomic E-state index is 12.5. The lowest BCUT2D eigenvalue weighted by Crippen LogP contribution is -2.50. The average Bonchev–Trinajstić information content (AvgIpc) is 3.01. The number of aliphatic imine (C=N–C) groups is 1. The van der Waals surface area contributed by atoms with Crippen molar-refractivity contribution < 1.29 is 29.2 Å². The van der Waals surface area contributed by atoms with Crippen LogP contribution in [0.3, 0.4) is 0 Å². The van der Waals surface area contributed by atoms with Crippen LogP contribution in [0.15, 0.2) is 53.5 Å². The largest absolute Gasteiger partial charge is 0.459 e. The summed E-state index contributed by atoms with van der Waals surface area (Å²) >= 11 is 0. The zero-order chi connectivity index (χ0) is 23.3. The molecule has 0 aromatic heterocycles. The summed E-state index contributed by atoms with van der Waals surface area (Å²) in [7, 11) is 1.64. The summed E-state index contributed by atoms with van der Waals surface area (Å²) in [5.74, 6) is -0.497. The van der Waals surface area contributed by atoms with Gasteiger partial charge in [-0.3, -0.25) is 0 Å². The van der Waals surface area contributed by atoms with Crippen molar-refractivity contribution in [2.24, 2.45) is 4.99 Å². The molecular formula is C25H31NO6. The van der Waals surface area contributed by atoms with Crippen LogP contribution in [0.4, 0.5) is 0 Å². The lowest BCUT2D eigenvalue weighted by Gasteiger charge is -2.34. The summed E-state index contributed by atoms with van der Waals surface area (Å²) in [5, 5.41) is 21.7. The third-order valence-electron chi connectivity index (χ3n) is 5.82. The van der Waals surface area contributed by atoms with E-state index in [-0.39, 0.29) is 6.61 Å². The minimum absolute atomic E-state index is 0.138. The van der Waals surface area contributed by atoms with E-state index in [0.29, 0.717) is 17.5 Å². The molecule has 2 N–H and O–H groups in total. The predicted octanol–water partition coefficient (Wildman–Crippen LogP) is 3.15. The molecule has 0 radical (unpaired) electrons. The number of aliphatic hydroxyl groups is 2. The van der Waals surface area contributed by atoms with Crippen LogP contribution < -0.4 is 0 Å². The Hall–Kier alpha value is -2.58. The predicted molar refractivity (Wildman–Crippen MR) is 121 cm³/mol. The van der Waals surface area contributed by atoms with Gasteiger partial charge in [0.15, 0.2) is 6.29 Å². The van der Waals surface area contributed by atoms with E-state index < -0.39 is 36.2 Å². The van der Waals surface area contributed by atoms with E-state index in [9.17, 15) is 15.0 Å². The number of ether oxygens (including phenoxy) is 3. The third kappa shape index (κ3) is 5.42. The van der Waals surface area contributed by atoms with Crippen LogP contribution in [0, 0.1) is 13.8 Å². The highest BCUT2D eigenvalue weighted by Crippen LogP contribution is 2.39. The van der Waals surface area contributed by atoms with Crippen LogP contribution in [0.1, 0.15) is 46.7 Å². The molecule has 1 aliphatic heterocycles. The number of benzene rings is 2. The number of carbonyl (C=O) groups excluding carboxylic acids is 1. The van der Waals surface area contributed by atoms with E-state index in [2.05, 4.69) is 4.99 Å². The average molecular weight is 442 g/mol. The normalized spacial score (nSPS) is 26.4. The van der Waals surface area contributed by atoms with Gasteiger partial charge >= 0.3 is 5.97 Å². The standard InChI is InChI=1S/C25H31NO6/c1-16-5-9-18(10-6-16)23(28)30-15-21-25(3,22(27)20(31-21)13-14-26-4)32-24(29)19-11-7-17(2)8-12-19/h5-12,14,20-22,24,27,29H,13,15H2,1-4H3/t20?,21?,22-,24?,25+/m0/s1. The number of carbonyl (C=O) groups is 1. The van der Waals surface area contributed by atoms with Crippen LogP contribution >= 0.6 is 0 Å². The highest BCUT2D eigenvalue weighted by molar-refractivity contribution is 5.89. The van der Waals surface area contributed by atoms with E-state index >= 15 is 0 Å². The van der Waals surface area contributed by atoms with Crippen LogP contribution in [-0.2, 0) is 14.2 Å². The van der Waals surface area contributed by atoms with Crippen molar-refractivity contribution in [3.63, 3.8) is 0 Å². The van der Waals surface area contributed by atoms with E-state index in [4.69, 9.17) is 14.2 Å². The Morgan fingerprint density at radius 1 is 1.16 bits per heavy atom. The minimum Gasteiger partial charge on any atom is -0.459 e. The first-order chi connectivity index (χ1) is 15.2. The first kappa shape index (κ1) is 24.1. The fourth-order valence-electron chi connectivity index (χ4n) is 3.69. The molecule has 5 atom stereocenters. The van der Waals surface area contributed by atoms with Crippen molar-refractivity contribution in [2.75, 3.05) is 13.7 Å². The van der Waals surface area contributed by atoms with Crippen molar-refractivity contribution in [1.29, 1.82) is 0 Å². The van der Waals surface area contributed by atoms with E-state index in [0.717, 1.165) is 11.1 Å². The molecule has 0 amide bonds. The zero-order valence-electron chi connectivity index (χ0n) is 18.9. The molecule has 1 heterocycles. The second-order valence-corrected chi connectivity index (χ2v) is 8.31. The van der Waals surface area contributed by atoms with Gasteiger partial charge in [-0.2, -0.15) is 0 Å². The van der Waals surface area contributed by atoms with Gasteiger partial charge in [0.2, 0.25) is 0 Å². The smallest absolute Gasteiger partial charge is 0.338 e. The number of aliphatic hydroxyl groups excluding tert-OH is 2. The molecule has 1 fully saturated rings. The van der Waals surface area contributed by atoms with Gasteiger partial charge in [0.1, 0.15) is 24.4 Å². The van der Waals surface area contributed by atoms with Gasteiger partial charge < -0.3 is 29.4 Å². The van der Waals surface area contributed by atoms with Gasteiger partial charge in [0.05, 0.1) is 11.7 Å². The van der Waals surface area contributed by atoms with Gasteiger partial charge in [-0.1, -0.05) is 47.5 Å². The molecule has 172 valence electrons. The maximum Gasteiger partial charge on any atom is 0.338 e. The summed E-state index contributed by atoms with van der Waals surface area (Å²) in [6, 6.07) is 14.3. The van der Waals surface area contributed by atoms with Crippen LogP contribution in [0.2, 0.25) is 0 Å². The lowest BCUT2D eigenvalue weighted by atomic mass is 9.91. The van der Waals surface area contributed by atoms with E-state index in [1.54, 1.807) is 44.5 Å². The van der Waals surface area contributed by atoms with Gasteiger partial charge in [0.25, 0.3) is 0 Å². The third-order valence-corrected chi connectivity index (χ3v) is 5.82. The maximum absolute atomic E-state index is 12.5. The fourth-order valence-corrected chi connectivity index (χ4v) is 3.69. The number of rotatable bonds is 8. The number of aryl methyl sites for hydroxylation is 2. The molecular weight excluding hydrogens is 410 g/mol. The van der Waals surface area contributed by atoms with Crippen molar-refractivity contribution >= 4 is 12.2 Å². The molecule has 32 heavy (non-hydrogen) atoms. The summed E-state index contributed by atoms with van der Waals surface area (Å²) in [5.41, 5.74) is 1.75. The minimum atomic E-state index is -1.32. The van der Waals surface area contributed by atoms with Crippen LogP contribution in [0.25, 0.3) is 0 Å². The van der Waals surface area contributed by atoms with Crippen molar-refractivity contribution in [2.45, 2.75) is 57.4 Å². The molecule has 7 nitrogen and oxygen atoms in total. The van der Waals surface area contributed by atoms with Gasteiger partial charge in [-0.15, -0.1) is 0 Å². The molecule has 0 spiro atoms. The van der Waals surface area contributed by atoms with E-state index in [1.165, 1.54) is 0 Å². The first-order valence-electron chi connectivity index (χ1n) is 10.6. The SMILES string of the molecule is CN=CCC1OC(COC(=O)c2ccc(C)cc2)[C@@](C)(OC(O)c2ccc(C)cc2)[C@H]1O. The summed E-state index contributed by atoms with van der Waals surface area (Å²) in [4.78, 5) is 16.4. The first-order valence-corrected chi connectivity index (χ1v) is 10.6. The van der Waals surface area contributed by atoms with Gasteiger partial charge in [-0.05, 0) is 32.9 Å². The highest BCUT2D eigenvalue weighted by atomic mass is 16.7. The van der Waals surface area contributed by atoms with E-state index in [1.807, 2.05) is 38.1 Å². The Balaban J connectivity index is 1.76. The summed E-state index contributed by atoms with van der Waals surface area (Å²) < 4.78 is 17.4.